The average Bonchev–Trinajstić information content (AvgIpc) is 2.56. The van der Waals surface area contributed by atoms with Crippen molar-refractivity contribution in [1.29, 1.82) is 0 Å². The minimum absolute atomic E-state index is 0.225. The molecule has 140 valence electrons. The summed E-state index contributed by atoms with van der Waals surface area (Å²) in [7, 11) is 0. The Hall–Kier alpha value is -1.85. The number of benzene rings is 2. The molecule has 9 heteroatoms. The van der Waals surface area contributed by atoms with Gasteiger partial charge < -0.3 is 10.4 Å². The summed E-state index contributed by atoms with van der Waals surface area (Å²) in [4.78, 5) is 16.9. The van der Waals surface area contributed by atoms with Crippen molar-refractivity contribution in [2.75, 3.05) is 11.9 Å². The van der Waals surface area contributed by atoms with E-state index in [0.717, 1.165) is 9.13 Å². The van der Waals surface area contributed by atoms with Crippen molar-refractivity contribution in [2.45, 2.75) is 20.0 Å². The number of carbonyl (C=O) groups is 1. The molecule has 0 aliphatic rings. The first-order valence-corrected chi connectivity index (χ1v) is 8.59. The Morgan fingerprint density at radius 1 is 1.27 bits per heavy atom. The first-order valence-electron chi connectivity index (χ1n) is 7.51. The molecular formula is C17H16F3IN2O3. The van der Waals surface area contributed by atoms with Crippen molar-refractivity contribution >= 4 is 39.9 Å². The van der Waals surface area contributed by atoms with Gasteiger partial charge in [-0.15, -0.1) is 0 Å². The van der Waals surface area contributed by atoms with Gasteiger partial charge in [-0.1, -0.05) is 0 Å². The summed E-state index contributed by atoms with van der Waals surface area (Å²) in [5.41, 5.74) is 2.10. The summed E-state index contributed by atoms with van der Waals surface area (Å²) in [6.45, 7) is 2.95. The molecule has 26 heavy (non-hydrogen) atoms. The van der Waals surface area contributed by atoms with Gasteiger partial charge in [0.2, 0.25) is 0 Å². The van der Waals surface area contributed by atoms with E-state index in [2.05, 4.69) is 27.9 Å². The predicted octanol–water partition coefficient (Wildman–Crippen LogP) is 3.80. The Kier molecular flexibility index (Phi) is 6.84. The maximum absolute atomic E-state index is 14.3. The molecule has 3 N–H and O–H groups in total. The molecule has 0 bridgehead atoms. The maximum Gasteiger partial charge on any atom is 0.277 e. The molecule has 0 heterocycles. The number of rotatable bonds is 6. The van der Waals surface area contributed by atoms with E-state index in [-0.39, 0.29) is 6.61 Å². The number of aliphatic hydroxyl groups excluding tert-OH is 1. The fraction of sp³-hybridized carbons (Fsp3) is 0.235. The van der Waals surface area contributed by atoms with Crippen LogP contribution in [0.25, 0.3) is 0 Å². The number of amides is 1. The summed E-state index contributed by atoms with van der Waals surface area (Å²) in [6, 6.07) is 5.73. The van der Waals surface area contributed by atoms with Crippen LogP contribution >= 0.6 is 22.6 Å². The van der Waals surface area contributed by atoms with Crippen molar-refractivity contribution in [1.82, 2.24) is 5.48 Å². The zero-order valence-electron chi connectivity index (χ0n) is 13.9. The molecule has 5 nitrogen and oxygen atoms in total. The lowest BCUT2D eigenvalue weighted by Gasteiger charge is -2.16. The average molecular weight is 480 g/mol. The van der Waals surface area contributed by atoms with Crippen molar-refractivity contribution in [3.8, 4) is 0 Å². The highest BCUT2D eigenvalue weighted by molar-refractivity contribution is 14.1. The number of halogens is 4. The smallest absolute Gasteiger partial charge is 0.277 e. The Morgan fingerprint density at radius 3 is 2.58 bits per heavy atom. The van der Waals surface area contributed by atoms with E-state index in [1.54, 1.807) is 25.1 Å². The molecule has 2 aromatic rings. The molecular weight excluding hydrogens is 464 g/mol. The van der Waals surface area contributed by atoms with Crippen LogP contribution in [0.2, 0.25) is 0 Å². The number of hydrogen-bond donors (Lipinski definition) is 3. The van der Waals surface area contributed by atoms with E-state index in [0.29, 0.717) is 11.8 Å². The van der Waals surface area contributed by atoms with Crippen LogP contribution in [0.15, 0.2) is 24.3 Å². The quantitative estimate of drug-likeness (QED) is 0.334. The van der Waals surface area contributed by atoms with Gasteiger partial charge in [0.1, 0.15) is 6.61 Å². The molecule has 0 aromatic heterocycles. The lowest BCUT2D eigenvalue weighted by Crippen LogP contribution is -2.28. The van der Waals surface area contributed by atoms with Crippen LogP contribution in [-0.2, 0) is 4.84 Å². The van der Waals surface area contributed by atoms with Crippen molar-refractivity contribution in [2.24, 2.45) is 0 Å². The zero-order valence-corrected chi connectivity index (χ0v) is 16.0. The maximum atomic E-state index is 14.3. The van der Waals surface area contributed by atoms with Gasteiger partial charge in [-0.3, -0.25) is 9.63 Å². The molecule has 0 radical (unpaired) electrons. The SMILES string of the molecule is Cc1cc(I)ccc1Nc1c(C(=O)NOCC(C)O)cc(F)c(F)c1F. The lowest BCUT2D eigenvalue weighted by molar-refractivity contribution is -0.00686. The van der Waals surface area contributed by atoms with Crippen molar-refractivity contribution < 1.29 is 27.9 Å². The largest absolute Gasteiger partial charge is 0.391 e. The molecule has 0 spiro atoms. The fourth-order valence-electron chi connectivity index (χ4n) is 2.08. The van der Waals surface area contributed by atoms with Gasteiger partial charge in [-0.25, -0.2) is 18.7 Å². The molecule has 0 fully saturated rings. The Labute approximate surface area is 161 Å². The van der Waals surface area contributed by atoms with E-state index in [9.17, 15) is 18.0 Å². The van der Waals surface area contributed by atoms with Gasteiger partial charge in [-0.05, 0) is 66.3 Å². The van der Waals surface area contributed by atoms with E-state index < -0.39 is 40.7 Å². The number of nitrogens with one attached hydrogen (secondary N) is 2. The van der Waals surface area contributed by atoms with Crippen LogP contribution < -0.4 is 10.8 Å². The van der Waals surface area contributed by atoms with E-state index in [1.807, 2.05) is 5.48 Å². The molecule has 1 amide bonds. The Morgan fingerprint density at radius 2 is 1.96 bits per heavy atom. The minimum atomic E-state index is -1.70. The highest BCUT2D eigenvalue weighted by Crippen LogP contribution is 2.30. The molecule has 0 aliphatic heterocycles. The number of aryl methyl sites for hydroxylation is 1. The third-order valence-corrected chi connectivity index (χ3v) is 4.02. The zero-order chi connectivity index (χ0) is 19.4. The first kappa shape index (κ1) is 20.5. The van der Waals surface area contributed by atoms with Gasteiger partial charge in [-0.2, -0.15) is 0 Å². The third-order valence-electron chi connectivity index (χ3n) is 3.34. The summed E-state index contributed by atoms with van der Waals surface area (Å²) in [5, 5.41) is 11.7. The second-order valence-corrected chi connectivity index (χ2v) is 6.83. The second kappa shape index (κ2) is 8.69. The normalized spacial score (nSPS) is 12.0. The monoisotopic (exact) mass is 480 g/mol. The summed E-state index contributed by atoms with van der Waals surface area (Å²) < 4.78 is 42.5. The molecule has 0 aliphatic carbocycles. The highest BCUT2D eigenvalue weighted by atomic mass is 127. The summed E-state index contributed by atoms with van der Waals surface area (Å²) in [5.74, 6) is -5.72. The fourth-order valence-corrected chi connectivity index (χ4v) is 2.73. The van der Waals surface area contributed by atoms with Crippen LogP contribution in [0.4, 0.5) is 24.5 Å². The standard InChI is InChI=1S/C17H16F3IN2O3/c1-8-5-10(21)3-4-13(8)22-16-11(6-12(18)14(19)15(16)20)17(25)23-26-7-9(2)24/h3-6,9,22,24H,7H2,1-2H3,(H,23,25). The molecule has 0 saturated carbocycles. The molecule has 2 rings (SSSR count). The van der Waals surface area contributed by atoms with E-state index in [1.165, 1.54) is 6.92 Å². The number of anilines is 2. The molecule has 2 aromatic carbocycles. The van der Waals surface area contributed by atoms with E-state index >= 15 is 0 Å². The second-order valence-electron chi connectivity index (χ2n) is 5.58. The van der Waals surface area contributed by atoms with Crippen LogP contribution in [-0.4, -0.2) is 23.7 Å². The summed E-state index contributed by atoms with van der Waals surface area (Å²) in [6.07, 6.45) is -0.857. The Bertz CT molecular complexity index is 831. The molecule has 0 saturated heterocycles. The molecule has 1 unspecified atom stereocenters. The minimum Gasteiger partial charge on any atom is -0.391 e. The van der Waals surface area contributed by atoms with Gasteiger partial charge >= 0.3 is 0 Å². The Balaban J connectivity index is 2.39. The van der Waals surface area contributed by atoms with Crippen LogP contribution in [0.5, 0.6) is 0 Å². The van der Waals surface area contributed by atoms with Gasteiger partial charge in [0.15, 0.2) is 17.5 Å². The number of carbonyl (C=O) groups excluding carboxylic acids is 1. The number of hydroxylamine groups is 1. The van der Waals surface area contributed by atoms with Crippen LogP contribution in [0.3, 0.4) is 0 Å². The topological polar surface area (TPSA) is 70.6 Å². The highest BCUT2D eigenvalue weighted by Gasteiger charge is 2.23. The predicted molar refractivity (Wildman–Crippen MR) is 98.6 cm³/mol. The summed E-state index contributed by atoms with van der Waals surface area (Å²) >= 11 is 2.09. The van der Waals surface area contributed by atoms with Gasteiger partial charge in [0, 0.05) is 9.26 Å². The van der Waals surface area contributed by atoms with Gasteiger partial charge in [0.25, 0.3) is 5.91 Å². The van der Waals surface area contributed by atoms with Crippen LogP contribution in [0.1, 0.15) is 22.8 Å². The molecule has 1 atom stereocenters. The number of hydrogen-bond acceptors (Lipinski definition) is 4. The van der Waals surface area contributed by atoms with Gasteiger partial charge in [0.05, 0.1) is 17.4 Å². The first-order chi connectivity index (χ1) is 12.2. The van der Waals surface area contributed by atoms with Crippen molar-refractivity contribution in [3.05, 3.63) is 56.4 Å². The van der Waals surface area contributed by atoms with E-state index in [4.69, 9.17) is 9.94 Å². The third kappa shape index (κ3) is 4.86. The van der Waals surface area contributed by atoms with Crippen molar-refractivity contribution in [3.63, 3.8) is 0 Å². The number of aliphatic hydroxyl groups is 1. The lowest BCUT2D eigenvalue weighted by atomic mass is 10.1. The van der Waals surface area contributed by atoms with Crippen LogP contribution in [0, 0.1) is 27.9 Å².